The van der Waals surface area contributed by atoms with Crippen LogP contribution in [0.25, 0.3) is 11.4 Å². The van der Waals surface area contributed by atoms with E-state index in [1.54, 1.807) is 11.9 Å². The Hall–Kier alpha value is -2.47. The maximum absolute atomic E-state index is 12.3. The summed E-state index contributed by atoms with van der Waals surface area (Å²) in [5.41, 5.74) is 1.99. The molecule has 2 aromatic carbocycles. The first-order valence-corrected chi connectivity index (χ1v) is 8.77. The molecule has 0 saturated heterocycles. The van der Waals surface area contributed by atoms with Crippen LogP contribution >= 0.6 is 15.9 Å². The summed E-state index contributed by atoms with van der Waals surface area (Å²) in [6.07, 6.45) is 0.771. The number of hydrogen-bond donors (Lipinski definition) is 0. The van der Waals surface area contributed by atoms with Crippen molar-refractivity contribution in [2.75, 3.05) is 7.05 Å². The number of aromatic nitrogens is 2. The van der Waals surface area contributed by atoms with Crippen LogP contribution < -0.4 is 0 Å². The van der Waals surface area contributed by atoms with Gasteiger partial charge in [0.2, 0.25) is 17.6 Å². The molecule has 1 amide bonds. The number of rotatable bonds is 6. The minimum absolute atomic E-state index is 0.0484. The Bertz CT molecular complexity index is 831. The maximum Gasteiger partial charge on any atom is 0.227 e. The number of carbonyl (C=O) groups excluding carboxylic acids is 1. The average Bonchev–Trinajstić information content (AvgIpc) is 3.10. The third-order valence-corrected chi connectivity index (χ3v) is 4.34. The molecule has 6 heteroatoms. The second-order valence-electron chi connectivity index (χ2n) is 5.75. The van der Waals surface area contributed by atoms with Crippen molar-refractivity contribution in [3.05, 3.63) is 70.5 Å². The van der Waals surface area contributed by atoms with Crippen molar-refractivity contribution < 1.29 is 9.32 Å². The van der Waals surface area contributed by atoms with E-state index >= 15 is 0 Å². The second kappa shape index (κ2) is 8.07. The molecule has 0 fully saturated rings. The van der Waals surface area contributed by atoms with Crippen LogP contribution in [0.1, 0.15) is 17.9 Å². The summed E-state index contributed by atoms with van der Waals surface area (Å²) < 4.78 is 6.25. The van der Waals surface area contributed by atoms with Crippen molar-refractivity contribution in [2.24, 2.45) is 0 Å². The molecule has 3 rings (SSSR count). The van der Waals surface area contributed by atoms with Crippen molar-refractivity contribution in [3.8, 4) is 11.4 Å². The standard InChI is InChI=1S/C19H18BrN3O2/c1-23(13-14-5-3-2-4-6-14)18(24)12-11-17-21-19(22-25-17)15-7-9-16(20)10-8-15/h2-10H,11-13H2,1H3. The lowest BCUT2D eigenvalue weighted by Gasteiger charge is -2.16. The first kappa shape index (κ1) is 17.4. The van der Waals surface area contributed by atoms with Gasteiger partial charge in [-0.15, -0.1) is 0 Å². The predicted molar refractivity (Wildman–Crippen MR) is 98.7 cm³/mol. The topological polar surface area (TPSA) is 59.2 Å². The molecular formula is C19H18BrN3O2. The zero-order valence-corrected chi connectivity index (χ0v) is 15.4. The molecule has 3 aromatic rings. The molecule has 0 spiro atoms. The van der Waals surface area contributed by atoms with Crippen molar-refractivity contribution in [2.45, 2.75) is 19.4 Å². The van der Waals surface area contributed by atoms with Crippen LogP contribution in [0.4, 0.5) is 0 Å². The smallest absolute Gasteiger partial charge is 0.227 e. The van der Waals surface area contributed by atoms with Gasteiger partial charge in [-0.2, -0.15) is 4.98 Å². The summed E-state index contributed by atoms with van der Waals surface area (Å²) in [4.78, 5) is 18.3. The third kappa shape index (κ3) is 4.76. The molecule has 0 aliphatic rings. The summed E-state index contributed by atoms with van der Waals surface area (Å²) in [5.74, 6) is 1.05. The quantitative estimate of drug-likeness (QED) is 0.626. The number of carbonyl (C=O) groups is 1. The van der Waals surface area contributed by atoms with Gasteiger partial charge in [-0.3, -0.25) is 4.79 Å². The van der Waals surface area contributed by atoms with Crippen LogP contribution in [0.15, 0.2) is 63.6 Å². The summed E-state index contributed by atoms with van der Waals surface area (Å²) in [5, 5.41) is 3.98. The van der Waals surface area contributed by atoms with Crippen molar-refractivity contribution in [1.82, 2.24) is 15.0 Å². The summed E-state index contributed by atoms with van der Waals surface area (Å²) >= 11 is 3.39. The van der Waals surface area contributed by atoms with E-state index in [0.29, 0.717) is 31.1 Å². The molecule has 0 radical (unpaired) electrons. The lowest BCUT2D eigenvalue weighted by atomic mass is 10.2. The Kier molecular flexibility index (Phi) is 5.60. The maximum atomic E-state index is 12.3. The minimum atomic E-state index is 0.0484. The van der Waals surface area contributed by atoms with Gasteiger partial charge < -0.3 is 9.42 Å². The molecular weight excluding hydrogens is 382 g/mol. The Morgan fingerprint density at radius 1 is 1.12 bits per heavy atom. The highest BCUT2D eigenvalue weighted by Gasteiger charge is 2.13. The lowest BCUT2D eigenvalue weighted by Crippen LogP contribution is -2.26. The highest BCUT2D eigenvalue weighted by molar-refractivity contribution is 9.10. The van der Waals surface area contributed by atoms with E-state index in [4.69, 9.17) is 4.52 Å². The lowest BCUT2D eigenvalue weighted by molar-refractivity contribution is -0.130. The fraction of sp³-hybridized carbons (Fsp3) is 0.211. The molecule has 128 valence electrons. The Morgan fingerprint density at radius 3 is 2.56 bits per heavy atom. The highest BCUT2D eigenvalue weighted by atomic mass is 79.9. The Balaban J connectivity index is 1.54. The van der Waals surface area contributed by atoms with E-state index < -0.39 is 0 Å². The van der Waals surface area contributed by atoms with E-state index in [9.17, 15) is 4.79 Å². The fourth-order valence-electron chi connectivity index (χ4n) is 2.42. The van der Waals surface area contributed by atoms with Crippen LogP contribution in [-0.2, 0) is 17.8 Å². The van der Waals surface area contributed by atoms with E-state index in [1.165, 1.54) is 0 Å². The molecule has 0 aliphatic heterocycles. The molecule has 0 atom stereocenters. The first-order valence-electron chi connectivity index (χ1n) is 7.98. The third-order valence-electron chi connectivity index (χ3n) is 3.81. The van der Waals surface area contributed by atoms with Crippen molar-refractivity contribution in [1.29, 1.82) is 0 Å². The molecule has 0 N–H and O–H groups in total. The molecule has 0 bridgehead atoms. The van der Waals surface area contributed by atoms with Gasteiger partial charge in [-0.25, -0.2) is 0 Å². The largest absolute Gasteiger partial charge is 0.341 e. The van der Waals surface area contributed by atoms with E-state index in [-0.39, 0.29) is 5.91 Å². The molecule has 5 nitrogen and oxygen atoms in total. The van der Waals surface area contributed by atoms with E-state index in [0.717, 1.165) is 15.6 Å². The minimum Gasteiger partial charge on any atom is -0.341 e. The Labute approximate surface area is 154 Å². The summed E-state index contributed by atoms with van der Waals surface area (Å²) in [7, 11) is 1.80. The highest BCUT2D eigenvalue weighted by Crippen LogP contribution is 2.19. The number of nitrogens with zero attached hydrogens (tertiary/aromatic N) is 3. The molecule has 0 unspecified atom stereocenters. The van der Waals surface area contributed by atoms with Gasteiger partial charge in [-0.1, -0.05) is 51.4 Å². The van der Waals surface area contributed by atoms with Gasteiger partial charge in [0.1, 0.15) is 0 Å². The molecule has 1 heterocycles. The van der Waals surface area contributed by atoms with E-state index in [2.05, 4.69) is 26.1 Å². The normalized spacial score (nSPS) is 10.6. The van der Waals surface area contributed by atoms with Crippen LogP contribution in [0.5, 0.6) is 0 Å². The van der Waals surface area contributed by atoms with Crippen LogP contribution in [0.3, 0.4) is 0 Å². The second-order valence-corrected chi connectivity index (χ2v) is 6.67. The van der Waals surface area contributed by atoms with Gasteiger partial charge in [0, 0.05) is 36.5 Å². The van der Waals surface area contributed by atoms with Gasteiger partial charge >= 0.3 is 0 Å². The fourth-order valence-corrected chi connectivity index (χ4v) is 2.69. The van der Waals surface area contributed by atoms with Gasteiger partial charge in [0.05, 0.1) is 0 Å². The summed E-state index contributed by atoms with van der Waals surface area (Å²) in [6.45, 7) is 0.591. The van der Waals surface area contributed by atoms with Crippen LogP contribution in [0, 0.1) is 0 Å². The zero-order chi connectivity index (χ0) is 17.6. The first-order chi connectivity index (χ1) is 12.1. The van der Waals surface area contributed by atoms with Crippen molar-refractivity contribution in [3.63, 3.8) is 0 Å². The number of hydrogen-bond acceptors (Lipinski definition) is 4. The van der Waals surface area contributed by atoms with Gasteiger partial charge in [0.15, 0.2) is 0 Å². The van der Waals surface area contributed by atoms with Gasteiger partial charge in [-0.05, 0) is 29.8 Å². The molecule has 25 heavy (non-hydrogen) atoms. The number of aryl methyl sites for hydroxylation is 1. The van der Waals surface area contributed by atoms with Crippen molar-refractivity contribution >= 4 is 21.8 Å². The number of halogens is 1. The van der Waals surface area contributed by atoms with Crippen LogP contribution in [-0.4, -0.2) is 28.0 Å². The molecule has 1 aromatic heterocycles. The number of amides is 1. The summed E-state index contributed by atoms with van der Waals surface area (Å²) in [6, 6.07) is 17.6. The van der Waals surface area contributed by atoms with Crippen LogP contribution in [0.2, 0.25) is 0 Å². The SMILES string of the molecule is CN(Cc1ccccc1)C(=O)CCc1nc(-c2ccc(Br)cc2)no1. The Morgan fingerprint density at radius 2 is 1.84 bits per heavy atom. The monoisotopic (exact) mass is 399 g/mol. The van der Waals surface area contributed by atoms with E-state index in [1.807, 2.05) is 54.6 Å². The molecule has 0 saturated carbocycles. The zero-order valence-electron chi connectivity index (χ0n) is 13.9. The molecule has 0 aliphatic carbocycles. The number of benzene rings is 2. The average molecular weight is 400 g/mol. The predicted octanol–water partition coefficient (Wildman–Crippen LogP) is 4.09. The van der Waals surface area contributed by atoms with Gasteiger partial charge in [0.25, 0.3) is 0 Å².